The maximum atomic E-state index is 8.44. The Hall–Kier alpha value is -2.23. The number of carbonyl (C=O) groups is 4. The van der Waals surface area contributed by atoms with Crippen molar-refractivity contribution in [3.63, 3.8) is 0 Å². The molecule has 102 valence electrons. The molecule has 0 aliphatic carbocycles. The minimum atomic E-state index is -2.08. The molecular weight excluding hydrogens is 424 g/mol. The van der Waals surface area contributed by atoms with E-state index >= 15 is 0 Å². The molecule has 0 rings (SSSR count). The Morgan fingerprint density at radius 3 is 0.529 bits per heavy atom. The summed E-state index contributed by atoms with van der Waals surface area (Å²) in [5, 5.41) is 61.2. The second kappa shape index (κ2) is 23.5. The van der Waals surface area contributed by atoms with Crippen LogP contribution in [0.15, 0.2) is 0 Å². The molecule has 0 aliphatic heterocycles. The summed E-state index contributed by atoms with van der Waals surface area (Å²) in [6.07, 6.45) is -8.33. The van der Waals surface area contributed by atoms with Gasteiger partial charge in [0.15, 0.2) is 0 Å². The van der Waals surface area contributed by atoms with E-state index in [9.17, 15) is 0 Å². The van der Waals surface area contributed by atoms with Crippen molar-refractivity contribution in [2.24, 2.45) is 0 Å². The molecule has 0 bridgehead atoms. The minimum Gasteiger partial charge on any atom is -0.565 e. The van der Waals surface area contributed by atoms with Crippen molar-refractivity contribution in [3.8, 4) is 0 Å². The van der Waals surface area contributed by atoms with Crippen LogP contribution in [0.1, 0.15) is 0 Å². The van der Waals surface area contributed by atoms with E-state index in [1.54, 1.807) is 0 Å². The molecule has 0 aromatic heterocycles. The predicted octanol–water partition coefficient (Wildman–Crippen LogP) is -4.45. The largest absolute Gasteiger partial charge is 0.565 e. The first kappa shape index (κ1) is 29.3. The Bertz CT molecular complexity index is 159. The molecule has 0 aromatic carbocycles. The zero-order valence-electron chi connectivity index (χ0n) is 7.46. The number of hydrogen-bond donors (Lipinski definition) is 4. The van der Waals surface area contributed by atoms with E-state index in [-0.39, 0.29) is 21.1 Å². The maximum absolute atomic E-state index is 8.44. The van der Waals surface area contributed by atoms with Gasteiger partial charge in [-0.2, -0.15) is 0 Å². The number of carboxylic acid groups (broad SMARTS) is 8. The average molecular weight is 428 g/mol. The molecule has 12 nitrogen and oxygen atoms in total. The molecule has 0 aliphatic rings. The van der Waals surface area contributed by atoms with Gasteiger partial charge in [-0.15, -0.1) is 0 Å². The van der Waals surface area contributed by atoms with Crippen molar-refractivity contribution < 1.29 is 81.1 Å². The summed E-state index contributed by atoms with van der Waals surface area (Å²) in [6.45, 7) is 0. The van der Waals surface area contributed by atoms with E-state index in [0.717, 1.165) is 0 Å². The zero-order valence-corrected chi connectivity index (χ0v) is 10.4. The van der Waals surface area contributed by atoms with Gasteiger partial charge in [0.05, 0.1) is 0 Å². The Morgan fingerprint density at radius 2 is 0.529 bits per heavy atom. The summed E-state index contributed by atoms with van der Waals surface area (Å²) in [5.41, 5.74) is 0. The van der Waals surface area contributed by atoms with Crippen molar-refractivity contribution in [2.75, 3.05) is 0 Å². The predicted molar refractivity (Wildman–Crippen MR) is 32.1 cm³/mol. The van der Waals surface area contributed by atoms with Crippen LogP contribution < -0.4 is 20.4 Å². The van der Waals surface area contributed by atoms with Crippen LogP contribution in [0.25, 0.3) is 0 Å². The fraction of sp³-hybridized carbons (Fsp3) is 0. The minimum absolute atomic E-state index is 0. The van der Waals surface area contributed by atoms with Crippen molar-refractivity contribution in [1.29, 1.82) is 0 Å². The summed E-state index contributed by atoms with van der Waals surface area (Å²) in [4.78, 5) is 33.8. The fourth-order valence-electron chi connectivity index (χ4n) is 0. The van der Waals surface area contributed by atoms with E-state index in [2.05, 4.69) is 0 Å². The van der Waals surface area contributed by atoms with Gasteiger partial charge in [-0.05, 0) is 0 Å². The third-order valence-electron chi connectivity index (χ3n) is 0. The molecule has 0 saturated carbocycles. The van der Waals surface area contributed by atoms with Gasteiger partial charge in [-0.1, -0.05) is 0 Å². The monoisotopic (exact) mass is 428 g/mol. The van der Waals surface area contributed by atoms with E-state index in [1.807, 2.05) is 0 Å². The molecule has 0 saturated heterocycles. The van der Waals surface area contributed by atoms with Crippen LogP contribution >= 0.6 is 0 Å². The number of hydrogen-bond acceptors (Lipinski definition) is 8. The number of rotatable bonds is 0. The first-order valence-electron chi connectivity index (χ1n) is 2.53. The van der Waals surface area contributed by atoms with Gasteiger partial charge in [0.1, 0.15) is 0 Å². The maximum Gasteiger partial charge on any atom is 0.249 e. The Morgan fingerprint density at radius 1 is 0.529 bits per heavy atom. The SMILES string of the molecule is O=C([O-])O.O=C([O-])O.O=C([O-])O.O=C([O-])O.[W]. The zero-order chi connectivity index (χ0) is 14.3. The molecule has 0 unspecified atom stereocenters. The molecular formula is C4H4O12W-4. The van der Waals surface area contributed by atoms with Crippen molar-refractivity contribution >= 4 is 24.6 Å². The quantitative estimate of drug-likeness (QED) is 0.286. The van der Waals surface area contributed by atoms with Crippen LogP contribution in [0.4, 0.5) is 19.2 Å². The Balaban J connectivity index is -0.0000000369. The molecule has 4 N–H and O–H groups in total. The molecule has 0 radical (unpaired) electrons. The molecule has 0 heterocycles. The Labute approximate surface area is 106 Å². The molecule has 13 heteroatoms. The van der Waals surface area contributed by atoms with E-state index in [0.29, 0.717) is 0 Å². The third-order valence-corrected chi connectivity index (χ3v) is 0. The molecule has 17 heavy (non-hydrogen) atoms. The van der Waals surface area contributed by atoms with Crippen LogP contribution in [-0.4, -0.2) is 45.0 Å². The van der Waals surface area contributed by atoms with Gasteiger partial charge < -0.3 is 60.0 Å². The standard InChI is InChI=1S/4CH2O3.W/c4*2-1(3)4;/h4*(H2,2,3,4);/p-4. The van der Waals surface area contributed by atoms with Crippen LogP contribution in [0.5, 0.6) is 0 Å². The van der Waals surface area contributed by atoms with Crippen LogP contribution in [-0.2, 0) is 21.1 Å². The van der Waals surface area contributed by atoms with Crippen LogP contribution in [0.2, 0.25) is 0 Å². The van der Waals surface area contributed by atoms with E-state index in [4.69, 9.17) is 60.0 Å². The van der Waals surface area contributed by atoms with Crippen LogP contribution in [0.3, 0.4) is 0 Å². The van der Waals surface area contributed by atoms with Crippen molar-refractivity contribution in [2.45, 2.75) is 0 Å². The first-order valence-corrected chi connectivity index (χ1v) is 2.53. The second-order valence-corrected chi connectivity index (χ2v) is 1.06. The van der Waals surface area contributed by atoms with Crippen molar-refractivity contribution in [1.82, 2.24) is 0 Å². The Kier molecular flexibility index (Phi) is 40.6. The fourth-order valence-corrected chi connectivity index (χ4v) is 0. The van der Waals surface area contributed by atoms with Crippen molar-refractivity contribution in [3.05, 3.63) is 0 Å². The van der Waals surface area contributed by atoms with E-state index in [1.165, 1.54) is 0 Å². The average Bonchev–Trinajstić information content (AvgIpc) is 1.76. The van der Waals surface area contributed by atoms with Gasteiger partial charge in [0, 0.05) is 21.1 Å². The van der Waals surface area contributed by atoms with E-state index < -0.39 is 24.6 Å². The van der Waals surface area contributed by atoms with Gasteiger partial charge in [-0.25, -0.2) is 0 Å². The molecule has 0 amide bonds. The molecule has 0 fully saturated rings. The summed E-state index contributed by atoms with van der Waals surface area (Å²) >= 11 is 0. The normalized spacial score (nSPS) is 5.65. The molecule has 0 atom stereocenters. The summed E-state index contributed by atoms with van der Waals surface area (Å²) in [5.74, 6) is 0. The van der Waals surface area contributed by atoms with Gasteiger partial charge in [0.25, 0.3) is 0 Å². The summed E-state index contributed by atoms with van der Waals surface area (Å²) in [6, 6.07) is 0. The topological polar surface area (TPSA) is 241 Å². The van der Waals surface area contributed by atoms with Crippen LogP contribution in [0, 0.1) is 0 Å². The van der Waals surface area contributed by atoms with Gasteiger partial charge in [-0.3, -0.25) is 0 Å². The second-order valence-electron chi connectivity index (χ2n) is 1.06. The van der Waals surface area contributed by atoms with Gasteiger partial charge in [0.2, 0.25) is 24.6 Å². The summed E-state index contributed by atoms with van der Waals surface area (Å²) in [7, 11) is 0. The van der Waals surface area contributed by atoms with Gasteiger partial charge >= 0.3 is 0 Å². The summed E-state index contributed by atoms with van der Waals surface area (Å²) < 4.78 is 0. The smallest absolute Gasteiger partial charge is 0.249 e. The molecule has 0 spiro atoms. The third kappa shape index (κ3) is 383. The first-order chi connectivity index (χ1) is 6.93. The molecule has 0 aromatic rings.